The Morgan fingerprint density at radius 1 is 1.38 bits per heavy atom. The van der Waals surface area contributed by atoms with Crippen molar-refractivity contribution >= 4 is 33.4 Å². The van der Waals surface area contributed by atoms with E-state index < -0.39 is 10.0 Å². The van der Waals surface area contributed by atoms with Crippen molar-refractivity contribution in [1.29, 1.82) is 0 Å². The van der Waals surface area contributed by atoms with Crippen LogP contribution in [0.15, 0.2) is 26.7 Å². The van der Waals surface area contributed by atoms with Crippen LogP contribution in [0.4, 0.5) is 4.79 Å². The third kappa shape index (κ3) is 5.85. The van der Waals surface area contributed by atoms with Gasteiger partial charge in [0.1, 0.15) is 4.21 Å². The number of methoxy groups -OCH3 is 1. The van der Waals surface area contributed by atoms with Crippen LogP contribution in [0.3, 0.4) is 0 Å². The van der Waals surface area contributed by atoms with E-state index in [1.807, 2.05) is 0 Å². The van der Waals surface area contributed by atoms with Crippen LogP contribution >= 0.6 is 11.3 Å². The SMILES string of the molecule is CN=C(NCCNS(=O)(=O)c1cccs1)NC1CCN(C(=O)OC)CC1. The molecule has 0 bridgehead atoms. The van der Waals surface area contributed by atoms with Crippen LogP contribution in [0, 0.1) is 0 Å². The lowest BCUT2D eigenvalue weighted by atomic mass is 10.1. The molecule has 1 saturated heterocycles. The predicted molar refractivity (Wildman–Crippen MR) is 101 cm³/mol. The summed E-state index contributed by atoms with van der Waals surface area (Å²) in [6.07, 6.45) is 1.28. The second kappa shape index (κ2) is 9.74. The molecule has 2 rings (SSSR count). The van der Waals surface area contributed by atoms with E-state index in [-0.39, 0.29) is 18.7 Å². The zero-order valence-electron chi connectivity index (χ0n) is 14.9. The topological polar surface area (TPSA) is 112 Å². The lowest BCUT2D eigenvalue weighted by molar-refractivity contribution is 0.111. The molecule has 1 fully saturated rings. The molecule has 0 saturated carbocycles. The van der Waals surface area contributed by atoms with Gasteiger partial charge in [0, 0.05) is 39.3 Å². The number of ether oxygens (including phenoxy) is 1. The minimum absolute atomic E-state index is 0.199. The summed E-state index contributed by atoms with van der Waals surface area (Å²) in [4.78, 5) is 17.3. The number of carbonyl (C=O) groups excluding carboxylic acids is 1. The highest BCUT2D eigenvalue weighted by molar-refractivity contribution is 7.91. The van der Waals surface area contributed by atoms with Gasteiger partial charge in [0.2, 0.25) is 10.0 Å². The fourth-order valence-corrected chi connectivity index (χ4v) is 4.65. The number of guanidine groups is 1. The van der Waals surface area contributed by atoms with Gasteiger partial charge in [0.05, 0.1) is 7.11 Å². The van der Waals surface area contributed by atoms with E-state index in [9.17, 15) is 13.2 Å². The van der Waals surface area contributed by atoms with Gasteiger partial charge in [0.15, 0.2) is 5.96 Å². The number of hydrogen-bond donors (Lipinski definition) is 3. The van der Waals surface area contributed by atoms with Gasteiger partial charge in [-0.3, -0.25) is 4.99 Å². The maximum Gasteiger partial charge on any atom is 0.409 e. The van der Waals surface area contributed by atoms with Crippen molar-refractivity contribution in [2.75, 3.05) is 40.3 Å². The molecule has 1 amide bonds. The average molecular weight is 404 g/mol. The lowest BCUT2D eigenvalue weighted by Gasteiger charge is -2.32. The van der Waals surface area contributed by atoms with E-state index in [4.69, 9.17) is 4.74 Å². The van der Waals surface area contributed by atoms with E-state index >= 15 is 0 Å². The van der Waals surface area contributed by atoms with Gasteiger partial charge in [-0.2, -0.15) is 0 Å². The van der Waals surface area contributed by atoms with Crippen LogP contribution in [-0.4, -0.2) is 71.7 Å². The number of piperidine rings is 1. The molecular weight excluding hydrogens is 378 g/mol. The second-order valence-corrected chi connectivity index (χ2v) is 8.65. The number of thiophene rings is 1. The Kier molecular flexibility index (Phi) is 7.66. The zero-order chi connectivity index (χ0) is 19.0. The van der Waals surface area contributed by atoms with Crippen molar-refractivity contribution in [2.24, 2.45) is 4.99 Å². The number of rotatable bonds is 6. The van der Waals surface area contributed by atoms with Gasteiger partial charge in [-0.25, -0.2) is 17.9 Å². The summed E-state index contributed by atoms with van der Waals surface area (Å²) in [6, 6.07) is 3.47. The van der Waals surface area contributed by atoms with Crippen LogP contribution in [-0.2, 0) is 14.8 Å². The van der Waals surface area contributed by atoms with Gasteiger partial charge in [-0.1, -0.05) is 6.07 Å². The fraction of sp³-hybridized carbons (Fsp3) is 0.600. The van der Waals surface area contributed by atoms with Crippen LogP contribution in [0.25, 0.3) is 0 Å². The first-order valence-corrected chi connectivity index (χ1v) is 10.7. The molecule has 1 aliphatic rings. The molecule has 0 radical (unpaired) electrons. The number of sulfonamides is 1. The number of likely N-dealkylation sites (tertiary alicyclic amines) is 1. The normalized spacial score (nSPS) is 16.4. The van der Waals surface area contributed by atoms with Crippen LogP contribution < -0.4 is 15.4 Å². The maximum atomic E-state index is 12.0. The first-order valence-electron chi connectivity index (χ1n) is 8.29. The number of nitrogens with zero attached hydrogens (tertiary/aromatic N) is 2. The summed E-state index contributed by atoms with van der Waals surface area (Å²) >= 11 is 1.18. The first kappa shape index (κ1) is 20.5. The summed E-state index contributed by atoms with van der Waals surface area (Å²) in [5, 5.41) is 8.11. The molecule has 11 heteroatoms. The van der Waals surface area contributed by atoms with Crippen LogP contribution in [0.5, 0.6) is 0 Å². The molecule has 146 valence electrons. The molecule has 1 aromatic rings. The highest BCUT2D eigenvalue weighted by Gasteiger charge is 2.23. The monoisotopic (exact) mass is 403 g/mol. The summed E-state index contributed by atoms with van der Waals surface area (Å²) in [5.74, 6) is 0.608. The molecule has 0 aliphatic carbocycles. The minimum Gasteiger partial charge on any atom is -0.453 e. The zero-order valence-corrected chi connectivity index (χ0v) is 16.5. The van der Waals surface area contributed by atoms with E-state index in [0.717, 1.165) is 12.8 Å². The van der Waals surface area contributed by atoms with Crippen molar-refractivity contribution in [1.82, 2.24) is 20.3 Å². The molecule has 3 N–H and O–H groups in total. The number of amides is 1. The molecule has 0 aromatic carbocycles. The van der Waals surface area contributed by atoms with Gasteiger partial charge >= 0.3 is 6.09 Å². The molecule has 0 unspecified atom stereocenters. The molecule has 1 aromatic heterocycles. The summed E-state index contributed by atoms with van der Waals surface area (Å²) < 4.78 is 31.6. The third-order valence-corrected chi connectivity index (χ3v) is 6.82. The molecule has 0 spiro atoms. The van der Waals surface area contributed by atoms with Crippen molar-refractivity contribution in [3.63, 3.8) is 0 Å². The first-order chi connectivity index (χ1) is 12.5. The summed E-state index contributed by atoms with van der Waals surface area (Å²) in [6.45, 7) is 1.91. The molecular formula is C15H25N5O4S2. The minimum atomic E-state index is -3.45. The van der Waals surface area contributed by atoms with Gasteiger partial charge < -0.3 is 20.3 Å². The maximum absolute atomic E-state index is 12.0. The van der Waals surface area contributed by atoms with Gasteiger partial charge in [-0.05, 0) is 24.3 Å². The smallest absolute Gasteiger partial charge is 0.409 e. The largest absolute Gasteiger partial charge is 0.453 e. The van der Waals surface area contributed by atoms with Crippen LogP contribution in [0.2, 0.25) is 0 Å². The van der Waals surface area contributed by atoms with E-state index in [0.29, 0.717) is 29.8 Å². The Balaban J connectivity index is 1.69. The van der Waals surface area contributed by atoms with Crippen molar-refractivity contribution in [2.45, 2.75) is 23.1 Å². The van der Waals surface area contributed by atoms with Crippen molar-refractivity contribution in [3.8, 4) is 0 Å². The fourth-order valence-electron chi connectivity index (χ4n) is 2.58. The number of aliphatic imine (C=N–C) groups is 1. The van der Waals surface area contributed by atoms with Crippen LogP contribution in [0.1, 0.15) is 12.8 Å². The molecule has 1 aliphatic heterocycles. The number of carbonyl (C=O) groups is 1. The Labute approximate surface area is 157 Å². The van der Waals surface area contributed by atoms with E-state index in [1.165, 1.54) is 18.4 Å². The van der Waals surface area contributed by atoms with E-state index in [2.05, 4.69) is 20.3 Å². The predicted octanol–water partition coefficient (Wildman–Crippen LogP) is 0.422. The Morgan fingerprint density at radius 2 is 2.12 bits per heavy atom. The summed E-state index contributed by atoms with van der Waals surface area (Å²) in [7, 11) is -0.405. The quantitative estimate of drug-likeness (QED) is 0.361. The van der Waals surface area contributed by atoms with Gasteiger partial charge in [-0.15, -0.1) is 11.3 Å². The number of hydrogen-bond acceptors (Lipinski definition) is 6. The van der Waals surface area contributed by atoms with Crippen molar-refractivity contribution in [3.05, 3.63) is 17.5 Å². The Hall–Kier alpha value is -1.85. The van der Waals surface area contributed by atoms with Crippen molar-refractivity contribution < 1.29 is 17.9 Å². The second-order valence-electron chi connectivity index (χ2n) is 5.70. The van der Waals surface area contributed by atoms with Gasteiger partial charge in [0.25, 0.3) is 0 Å². The lowest BCUT2D eigenvalue weighted by Crippen LogP contribution is -2.50. The summed E-state index contributed by atoms with van der Waals surface area (Å²) in [5.41, 5.74) is 0. The number of nitrogens with one attached hydrogen (secondary N) is 3. The standard InChI is InChI=1S/C15H25N5O4S2/c1-16-14(19-12-5-9-20(10-6-12)15(21)24-2)17-7-8-18-26(22,23)13-4-3-11-25-13/h3-4,11-12,18H,5-10H2,1-2H3,(H2,16,17,19). The highest BCUT2D eigenvalue weighted by atomic mass is 32.2. The molecule has 9 nitrogen and oxygen atoms in total. The Bertz CT molecular complexity index is 698. The van der Waals surface area contributed by atoms with E-state index in [1.54, 1.807) is 29.5 Å². The highest BCUT2D eigenvalue weighted by Crippen LogP contribution is 2.14. The Morgan fingerprint density at radius 3 is 2.69 bits per heavy atom. The average Bonchev–Trinajstić information content (AvgIpc) is 3.20. The third-order valence-electron chi connectivity index (χ3n) is 3.96. The molecule has 0 atom stereocenters. The molecule has 26 heavy (non-hydrogen) atoms. The molecule has 2 heterocycles.